The van der Waals surface area contributed by atoms with Crippen LogP contribution in [0, 0.1) is 16.7 Å². The van der Waals surface area contributed by atoms with Crippen molar-refractivity contribution in [2.45, 2.75) is 45.7 Å². The summed E-state index contributed by atoms with van der Waals surface area (Å²) in [4.78, 5) is 12.2. The van der Waals surface area contributed by atoms with Crippen LogP contribution < -0.4 is 11.2 Å². The zero-order valence-electron chi connectivity index (χ0n) is 9.99. The quantitative estimate of drug-likeness (QED) is 0.835. The van der Waals surface area contributed by atoms with Gasteiger partial charge in [0.15, 0.2) is 0 Å². The van der Waals surface area contributed by atoms with Crippen LogP contribution in [-0.2, 0) is 19.5 Å². The predicted molar refractivity (Wildman–Crippen MR) is 62.5 cm³/mol. The topological polar surface area (TPSA) is 74.6 Å². The third-order valence-corrected chi connectivity index (χ3v) is 3.23. The Labute approximate surface area is 99.4 Å². The summed E-state index contributed by atoms with van der Waals surface area (Å²) in [7, 11) is 0. The van der Waals surface area contributed by atoms with E-state index in [9.17, 15) is 4.79 Å². The second-order valence-electron chi connectivity index (χ2n) is 4.33. The first-order valence-electron chi connectivity index (χ1n) is 6.02. The fourth-order valence-electron chi connectivity index (χ4n) is 2.30. The molecule has 0 fully saturated rings. The zero-order chi connectivity index (χ0) is 12.4. The van der Waals surface area contributed by atoms with Crippen LogP contribution in [0.3, 0.4) is 0 Å². The molecule has 0 unspecified atom stereocenters. The van der Waals surface area contributed by atoms with E-state index < -0.39 is 0 Å². The van der Waals surface area contributed by atoms with Gasteiger partial charge in [-0.3, -0.25) is 14.5 Å². The number of nitriles is 1. The van der Waals surface area contributed by atoms with Crippen LogP contribution in [0.15, 0.2) is 4.79 Å². The van der Waals surface area contributed by atoms with Gasteiger partial charge in [-0.1, -0.05) is 13.3 Å². The molecule has 0 aliphatic carbocycles. The van der Waals surface area contributed by atoms with Crippen LogP contribution in [0.2, 0.25) is 0 Å². The molecule has 0 saturated carbocycles. The number of rotatable bonds is 3. The van der Waals surface area contributed by atoms with E-state index in [0.717, 1.165) is 31.4 Å². The average Bonchev–Trinajstić information content (AvgIpc) is 2.79. The van der Waals surface area contributed by atoms with Gasteiger partial charge < -0.3 is 0 Å². The van der Waals surface area contributed by atoms with E-state index in [4.69, 9.17) is 10.7 Å². The number of aromatic nitrogens is 2. The molecule has 0 spiro atoms. The lowest BCUT2D eigenvalue weighted by molar-refractivity contribution is 0.530. The van der Waals surface area contributed by atoms with Crippen LogP contribution in [0.5, 0.6) is 0 Å². The van der Waals surface area contributed by atoms with Gasteiger partial charge in [0.1, 0.15) is 17.1 Å². The van der Waals surface area contributed by atoms with Gasteiger partial charge in [-0.15, -0.1) is 0 Å². The molecule has 0 bridgehead atoms. The monoisotopic (exact) mass is 232 g/mol. The van der Waals surface area contributed by atoms with Gasteiger partial charge in [0.05, 0.1) is 0 Å². The van der Waals surface area contributed by atoms with Crippen molar-refractivity contribution in [2.24, 2.45) is 0 Å². The molecule has 1 N–H and O–H groups in total. The standard InChI is InChI=1S/C12H16N4O/c1-2-3-6-16-11(14)9(8-13)10-5-4-7-15(10)12(16)17/h14H,2-7H2,1H3. The van der Waals surface area contributed by atoms with E-state index in [-0.39, 0.29) is 11.2 Å². The van der Waals surface area contributed by atoms with E-state index in [1.165, 1.54) is 4.57 Å². The van der Waals surface area contributed by atoms with Crippen LogP contribution in [-0.4, -0.2) is 9.13 Å². The molecule has 0 atom stereocenters. The first kappa shape index (κ1) is 11.6. The zero-order valence-corrected chi connectivity index (χ0v) is 9.99. The number of unbranched alkanes of at least 4 members (excludes halogenated alkanes) is 1. The number of hydrogen-bond donors (Lipinski definition) is 1. The SMILES string of the molecule is CCCCn1c(=N)c(C#N)c2n(c1=O)CCC2. The summed E-state index contributed by atoms with van der Waals surface area (Å²) in [5.41, 5.74) is 1.07. The normalized spacial score (nSPS) is 13.4. The number of hydrogen-bond acceptors (Lipinski definition) is 3. The molecule has 0 saturated heterocycles. The fourth-order valence-corrected chi connectivity index (χ4v) is 2.30. The Morgan fingerprint density at radius 1 is 1.53 bits per heavy atom. The Morgan fingerprint density at radius 3 is 2.94 bits per heavy atom. The summed E-state index contributed by atoms with van der Waals surface area (Å²) < 4.78 is 3.09. The van der Waals surface area contributed by atoms with E-state index >= 15 is 0 Å². The maximum absolute atomic E-state index is 12.2. The number of nitrogens with one attached hydrogen (secondary N) is 1. The van der Waals surface area contributed by atoms with Crippen molar-refractivity contribution in [1.29, 1.82) is 10.7 Å². The molecule has 2 rings (SSSR count). The molecule has 5 heteroatoms. The van der Waals surface area contributed by atoms with E-state index in [0.29, 0.717) is 18.7 Å². The van der Waals surface area contributed by atoms with Crippen molar-refractivity contribution in [2.75, 3.05) is 0 Å². The highest BCUT2D eigenvalue weighted by molar-refractivity contribution is 5.32. The van der Waals surface area contributed by atoms with Crippen molar-refractivity contribution in [3.8, 4) is 6.07 Å². The summed E-state index contributed by atoms with van der Waals surface area (Å²) in [6.07, 6.45) is 3.45. The van der Waals surface area contributed by atoms with E-state index in [1.807, 2.05) is 6.92 Å². The van der Waals surface area contributed by atoms with Crippen molar-refractivity contribution in [3.63, 3.8) is 0 Å². The molecule has 0 amide bonds. The molecule has 1 aliphatic heterocycles. The highest BCUT2D eigenvalue weighted by Crippen LogP contribution is 2.13. The lowest BCUT2D eigenvalue weighted by Gasteiger charge is -2.11. The molecule has 1 aliphatic rings. The average molecular weight is 232 g/mol. The molecule has 90 valence electrons. The van der Waals surface area contributed by atoms with Crippen LogP contribution in [0.1, 0.15) is 37.4 Å². The minimum atomic E-state index is -0.130. The Hall–Kier alpha value is -1.83. The van der Waals surface area contributed by atoms with Crippen LogP contribution >= 0.6 is 0 Å². The van der Waals surface area contributed by atoms with Gasteiger partial charge in [-0.05, 0) is 19.3 Å². The van der Waals surface area contributed by atoms with Gasteiger partial charge in [-0.25, -0.2) is 4.79 Å². The molecule has 0 aromatic carbocycles. The lowest BCUT2D eigenvalue weighted by Crippen LogP contribution is -2.41. The van der Waals surface area contributed by atoms with Crippen molar-refractivity contribution in [3.05, 3.63) is 27.2 Å². The highest BCUT2D eigenvalue weighted by Gasteiger charge is 2.20. The number of nitrogens with zero attached hydrogens (tertiary/aromatic N) is 3. The van der Waals surface area contributed by atoms with Gasteiger partial charge in [0, 0.05) is 18.8 Å². The van der Waals surface area contributed by atoms with Gasteiger partial charge in [-0.2, -0.15) is 5.26 Å². The second kappa shape index (κ2) is 4.58. The van der Waals surface area contributed by atoms with Crippen LogP contribution in [0.25, 0.3) is 0 Å². The summed E-state index contributed by atoms with van der Waals surface area (Å²) in [6.45, 7) is 3.25. The van der Waals surface area contributed by atoms with Crippen molar-refractivity contribution >= 4 is 0 Å². The maximum Gasteiger partial charge on any atom is 0.329 e. The molecule has 17 heavy (non-hydrogen) atoms. The first-order valence-corrected chi connectivity index (χ1v) is 6.02. The van der Waals surface area contributed by atoms with Gasteiger partial charge in [0.2, 0.25) is 0 Å². The lowest BCUT2D eigenvalue weighted by atomic mass is 10.2. The Kier molecular flexibility index (Phi) is 3.14. The minimum absolute atomic E-state index is 0.0825. The number of fused-ring (bicyclic) bond motifs is 1. The molecule has 0 radical (unpaired) electrons. The third-order valence-electron chi connectivity index (χ3n) is 3.23. The summed E-state index contributed by atoms with van der Waals surface area (Å²) in [5.74, 6) is 0. The Bertz CT molecular complexity index is 588. The minimum Gasteiger partial charge on any atom is -0.296 e. The summed E-state index contributed by atoms with van der Waals surface area (Å²) in [6, 6.07) is 2.07. The smallest absolute Gasteiger partial charge is 0.296 e. The summed E-state index contributed by atoms with van der Waals surface area (Å²) >= 11 is 0. The molecule has 2 heterocycles. The maximum atomic E-state index is 12.2. The highest BCUT2D eigenvalue weighted by atomic mass is 16.1. The fraction of sp³-hybridized carbons (Fsp3) is 0.583. The molecule has 5 nitrogen and oxygen atoms in total. The van der Waals surface area contributed by atoms with Crippen molar-refractivity contribution in [1.82, 2.24) is 9.13 Å². The van der Waals surface area contributed by atoms with Gasteiger partial charge >= 0.3 is 5.69 Å². The summed E-state index contributed by atoms with van der Waals surface area (Å²) in [5, 5.41) is 17.1. The molecule has 1 aromatic rings. The third kappa shape index (κ3) is 1.80. The van der Waals surface area contributed by atoms with Crippen molar-refractivity contribution < 1.29 is 0 Å². The van der Waals surface area contributed by atoms with E-state index in [2.05, 4.69) is 6.07 Å². The predicted octanol–water partition coefficient (Wildman–Crippen LogP) is 0.747. The molecule has 1 aromatic heterocycles. The van der Waals surface area contributed by atoms with Crippen LogP contribution in [0.4, 0.5) is 0 Å². The molecular formula is C12H16N4O. The second-order valence-corrected chi connectivity index (χ2v) is 4.33. The largest absolute Gasteiger partial charge is 0.329 e. The Balaban J connectivity index is 2.66. The Morgan fingerprint density at radius 2 is 2.29 bits per heavy atom. The van der Waals surface area contributed by atoms with Gasteiger partial charge in [0.25, 0.3) is 0 Å². The van der Waals surface area contributed by atoms with E-state index in [1.54, 1.807) is 4.57 Å². The first-order chi connectivity index (χ1) is 8.20. The molecular weight excluding hydrogens is 216 g/mol.